The lowest BCUT2D eigenvalue weighted by molar-refractivity contribution is 0.563. The molecular formula is C15H15N3O. The smallest absolute Gasteiger partial charge is 0.0952 e. The van der Waals surface area contributed by atoms with Gasteiger partial charge in [0.2, 0.25) is 0 Å². The molecular weight excluding hydrogens is 238 g/mol. The maximum absolute atomic E-state index is 5.97. The molecule has 2 heterocycles. The summed E-state index contributed by atoms with van der Waals surface area (Å²) in [7, 11) is 2.05. The molecule has 0 radical (unpaired) electrons. The van der Waals surface area contributed by atoms with E-state index in [2.05, 4.69) is 9.88 Å². The van der Waals surface area contributed by atoms with Crippen molar-refractivity contribution in [3.8, 4) is 0 Å². The van der Waals surface area contributed by atoms with Crippen molar-refractivity contribution in [2.24, 2.45) is 0 Å². The number of furan rings is 1. The molecule has 4 nitrogen and oxygen atoms in total. The maximum atomic E-state index is 5.97. The minimum atomic E-state index is 0.705. The predicted molar refractivity (Wildman–Crippen MR) is 77.0 cm³/mol. The lowest BCUT2D eigenvalue weighted by atomic mass is 10.1. The van der Waals surface area contributed by atoms with Gasteiger partial charge >= 0.3 is 0 Å². The largest absolute Gasteiger partial charge is 0.472 e. The minimum Gasteiger partial charge on any atom is -0.472 e. The van der Waals surface area contributed by atoms with Crippen molar-refractivity contribution in [2.75, 3.05) is 17.7 Å². The highest BCUT2D eigenvalue weighted by Crippen LogP contribution is 2.29. The Morgan fingerprint density at radius 3 is 2.95 bits per heavy atom. The fourth-order valence-electron chi connectivity index (χ4n) is 2.25. The number of fused-ring (bicyclic) bond motifs is 1. The van der Waals surface area contributed by atoms with E-state index >= 15 is 0 Å². The van der Waals surface area contributed by atoms with Gasteiger partial charge in [0.05, 0.1) is 23.7 Å². The molecule has 0 aliphatic rings. The van der Waals surface area contributed by atoms with Crippen LogP contribution in [0.25, 0.3) is 10.9 Å². The van der Waals surface area contributed by atoms with Gasteiger partial charge in [-0.3, -0.25) is 4.98 Å². The van der Waals surface area contributed by atoms with Crippen molar-refractivity contribution in [1.82, 2.24) is 4.98 Å². The van der Waals surface area contributed by atoms with Gasteiger partial charge in [-0.05, 0) is 30.3 Å². The Labute approximate surface area is 111 Å². The van der Waals surface area contributed by atoms with Gasteiger partial charge in [0.1, 0.15) is 0 Å². The van der Waals surface area contributed by atoms with Crippen LogP contribution in [0.5, 0.6) is 0 Å². The average molecular weight is 253 g/mol. The van der Waals surface area contributed by atoms with Crippen LogP contribution in [0.15, 0.2) is 53.5 Å². The van der Waals surface area contributed by atoms with Crippen molar-refractivity contribution in [3.63, 3.8) is 0 Å². The summed E-state index contributed by atoms with van der Waals surface area (Å²) >= 11 is 0. The van der Waals surface area contributed by atoms with E-state index in [-0.39, 0.29) is 0 Å². The van der Waals surface area contributed by atoms with E-state index in [0.717, 1.165) is 28.7 Å². The Kier molecular flexibility index (Phi) is 2.83. The maximum Gasteiger partial charge on any atom is 0.0952 e. The lowest BCUT2D eigenvalue weighted by Gasteiger charge is -2.20. The number of rotatable bonds is 3. The van der Waals surface area contributed by atoms with Gasteiger partial charge in [-0.2, -0.15) is 0 Å². The summed E-state index contributed by atoms with van der Waals surface area (Å²) in [6, 6.07) is 9.86. The number of nitrogens with zero attached hydrogens (tertiary/aromatic N) is 2. The van der Waals surface area contributed by atoms with Crippen LogP contribution in [0.4, 0.5) is 11.4 Å². The fourth-order valence-corrected chi connectivity index (χ4v) is 2.25. The van der Waals surface area contributed by atoms with Gasteiger partial charge in [-0.25, -0.2) is 0 Å². The number of nitrogens with two attached hydrogens (primary N) is 1. The molecule has 3 aromatic rings. The fraction of sp³-hybridized carbons (Fsp3) is 0.133. The number of hydrogen-bond donors (Lipinski definition) is 1. The first kappa shape index (κ1) is 11.6. The molecule has 96 valence electrons. The molecule has 0 bridgehead atoms. The number of hydrogen-bond acceptors (Lipinski definition) is 4. The molecule has 0 aliphatic heterocycles. The van der Waals surface area contributed by atoms with Gasteiger partial charge in [-0.1, -0.05) is 0 Å². The highest BCUT2D eigenvalue weighted by Gasteiger charge is 2.09. The van der Waals surface area contributed by atoms with Crippen molar-refractivity contribution < 1.29 is 4.42 Å². The number of aromatic nitrogens is 1. The summed E-state index contributed by atoms with van der Waals surface area (Å²) in [4.78, 5) is 6.51. The molecule has 0 atom stereocenters. The van der Waals surface area contributed by atoms with Crippen molar-refractivity contribution in [1.29, 1.82) is 0 Å². The number of nitrogen functional groups attached to an aromatic ring is 1. The summed E-state index contributed by atoms with van der Waals surface area (Å²) in [5.41, 5.74) is 9.76. The van der Waals surface area contributed by atoms with Crippen LogP contribution in [-0.4, -0.2) is 12.0 Å². The lowest BCUT2D eigenvalue weighted by Crippen LogP contribution is -2.16. The molecule has 0 fully saturated rings. The monoisotopic (exact) mass is 253 g/mol. The molecule has 0 unspecified atom stereocenters. The first-order valence-electron chi connectivity index (χ1n) is 6.11. The third kappa shape index (κ3) is 2.12. The molecule has 0 saturated heterocycles. The quantitative estimate of drug-likeness (QED) is 0.729. The SMILES string of the molecule is CN(Cc1ccoc1)c1ccc(N)c2ncccc12. The van der Waals surface area contributed by atoms with Crippen LogP contribution >= 0.6 is 0 Å². The molecule has 4 heteroatoms. The second-order valence-electron chi connectivity index (χ2n) is 4.56. The Morgan fingerprint density at radius 1 is 1.26 bits per heavy atom. The normalized spacial score (nSPS) is 10.8. The van der Waals surface area contributed by atoms with Crippen molar-refractivity contribution in [2.45, 2.75) is 6.54 Å². The van der Waals surface area contributed by atoms with Crippen LogP contribution in [0.3, 0.4) is 0 Å². The molecule has 0 amide bonds. The molecule has 2 aromatic heterocycles. The standard InChI is InChI=1S/C15H15N3O/c1-18(9-11-6-8-19-10-11)14-5-4-13(16)15-12(14)3-2-7-17-15/h2-8,10H,9,16H2,1H3. The summed E-state index contributed by atoms with van der Waals surface area (Å²) < 4.78 is 5.10. The van der Waals surface area contributed by atoms with Gasteiger partial charge in [0.25, 0.3) is 0 Å². The van der Waals surface area contributed by atoms with E-state index in [1.807, 2.05) is 37.4 Å². The van der Waals surface area contributed by atoms with E-state index < -0.39 is 0 Å². The minimum absolute atomic E-state index is 0.705. The second-order valence-corrected chi connectivity index (χ2v) is 4.56. The average Bonchev–Trinajstić information content (AvgIpc) is 2.92. The highest BCUT2D eigenvalue weighted by atomic mass is 16.3. The molecule has 0 saturated carbocycles. The van der Waals surface area contributed by atoms with Gasteiger partial charge in [0, 0.05) is 36.4 Å². The van der Waals surface area contributed by atoms with E-state index in [1.54, 1.807) is 18.7 Å². The van der Waals surface area contributed by atoms with Crippen LogP contribution in [0.2, 0.25) is 0 Å². The van der Waals surface area contributed by atoms with Crippen LogP contribution in [0.1, 0.15) is 5.56 Å². The zero-order valence-corrected chi connectivity index (χ0v) is 10.7. The first-order chi connectivity index (χ1) is 9.25. The van der Waals surface area contributed by atoms with Crippen LogP contribution in [0, 0.1) is 0 Å². The van der Waals surface area contributed by atoms with E-state index in [9.17, 15) is 0 Å². The topological polar surface area (TPSA) is 55.3 Å². The van der Waals surface area contributed by atoms with E-state index in [4.69, 9.17) is 10.2 Å². The number of pyridine rings is 1. The Balaban J connectivity index is 2.03. The highest BCUT2D eigenvalue weighted by molar-refractivity contribution is 5.98. The van der Waals surface area contributed by atoms with Crippen LogP contribution in [-0.2, 0) is 6.54 Å². The first-order valence-corrected chi connectivity index (χ1v) is 6.11. The third-order valence-corrected chi connectivity index (χ3v) is 3.19. The van der Waals surface area contributed by atoms with Crippen LogP contribution < -0.4 is 10.6 Å². The molecule has 2 N–H and O–H groups in total. The zero-order valence-electron chi connectivity index (χ0n) is 10.7. The van der Waals surface area contributed by atoms with E-state index in [0.29, 0.717) is 5.69 Å². The molecule has 1 aromatic carbocycles. The second kappa shape index (κ2) is 4.65. The molecule has 0 aliphatic carbocycles. The third-order valence-electron chi connectivity index (χ3n) is 3.19. The predicted octanol–water partition coefficient (Wildman–Crippen LogP) is 3.05. The summed E-state index contributed by atoms with van der Waals surface area (Å²) in [6.07, 6.45) is 5.21. The van der Waals surface area contributed by atoms with E-state index in [1.165, 1.54) is 0 Å². The molecule has 0 spiro atoms. The van der Waals surface area contributed by atoms with Gasteiger partial charge in [0.15, 0.2) is 0 Å². The summed E-state index contributed by atoms with van der Waals surface area (Å²) in [5.74, 6) is 0. The number of benzene rings is 1. The Hall–Kier alpha value is -2.49. The Bertz CT molecular complexity index is 692. The van der Waals surface area contributed by atoms with Crippen molar-refractivity contribution >= 4 is 22.3 Å². The molecule has 3 rings (SSSR count). The zero-order chi connectivity index (χ0) is 13.2. The van der Waals surface area contributed by atoms with Gasteiger partial charge in [-0.15, -0.1) is 0 Å². The summed E-state index contributed by atoms with van der Waals surface area (Å²) in [5, 5.41) is 1.06. The van der Waals surface area contributed by atoms with Gasteiger partial charge < -0.3 is 15.1 Å². The molecule has 19 heavy (non-hydrogen) atoms. The summed E-state index contributed by atoms with van der Waals surface area (Å²) in [6.45, 7) is 0.782. The van der Waals surface area contributed by atoms with Crippen molar-refractivity contribution in [3.05, 3.63) is 54.6 Å². The Morgan fingerprint density at radius 2 is 2.16 bits per heavy atom. The number of anilines is 2.